The molecule has 108 valence electrons. The van der Waals surface area contributed by atoms with E-state index in [1.807, 2.05) is 0 Å². The van der Waals surface area contributed by atoms with E-state index in [0.717, 1.165) is 30.5 Å². The number of nitrogens with one attached hydrogen (secondary N) is 1. The zero-order chi connectivity index (χ0) is 14.1. The van der Waals surface area contributed by atoms with Crippen molar-refractivity contribution in [1.82, 2.24) is 5.32 Å². The van der Waals surface area contributed by atoms with Crippen LogP contribution in [0.2, 0.25) is 0 Å². The maximum Gasteiger partial charge on any atom is 0.222 e. The van der Waals surface area contributed by atoms with Gasteiger partial charge < -0.3 is 16.0 Å². The molecule has 3 rings (SSSR count). The topological polar surface area (TPSA) is 58.4 Å². The first-order valence-electron chi connectivity index (χ1n) is 7.19. The van der Waals surface area contributed by atoms with Gasteiger partial charge in [0, 0.05) is 35.8 Å². The number of hydrogen-bond acceptors (Lipinski definition) is 3. The summed E-state index contributed by atoms with van der Waals surface area (Å²) in [6.45, 7) is 2.54. The van der Waals surface area contributed by atoms with Crippen molar-refractivity contribution in [2.45, 2.75) is 31.8 Å². The van der Waals surface area contributed by atoms with Crippen LogP contribution in [0, 0.1) is 5.92 Å². The highest BCUT2D eigenvalue weighted by molar-refractivity contribution is 9.10. The normalized spacial score (nSPS) is 22.2. The Morgan fingerprint density at radius 3 is 2.85 bits per heavy atom. The molecule has 0 radical (unpaired) electrons. The van der Waals surface area contributed by atoms with Gasteiger partial charge >= 0.3 is 0 Å². The summed E-state index contributed by atoms with van der Waals surface area (Å²) in [5.74, 6) is -0.196. The minimum Gasteiger partial charge on any atom is -0.370 e. The average molecular weight is 338 g/mol. The number of hydrogen-bond donors (Lipinski definition) is 2. The van der Waals surface area contributed by atoms with Crippen LogP contribution in [0.3, 0.4) is 0 Å². The Labute approximate surface area is 127 Å². The van der Waals surface area contributed by atoms with Gasteiger partial charge in [0.05, 0.1) is 5.92 Å². The van der Waals surface area contributed by atoms with Crippen molar-refractivity contribution in [3.8, 4) is 0 Å². The minimum atomic E-state index is -0.180. The largest absolute Gasteiger partial charge is 0.370 e. The second kappa shape index (κ2) is 5.74. The molecule has 20 heavy (non-hydrogen) atoms. The minimum absolute atomic E-state index is 0.0155. The number of rotatable bonds is 5. The van der Waals surface area contributed by atoms with Crippen LogP contribution in [-0.2, 0) is 11.3 Å². The second-order valence-electron chi connectivity index (χ2n) is 5.76. The van der Waals surface area contributed by atoms with E-state index in [9.17, 15) is 4.79 Å². The molecule has 1 aliphatic heterocycles. The van der Waals surface area contributed by atoms with Gasteiger partial charge in [-0.25, -0.2) is 0 Å². The first-order valence-corrected chi connectivity index (χ1v) is 7.99. The standard InChI is InChI=1S/C15H20BrN3O/c16-12-2-1-10(8-18-13-3-4-13)14(7-12)19-6-5-11(9-19)15(17)20/h1-2,7,11,13,18H,3-6,8-9H2,(H2,17,20). The van der Waals surface area contributed by atoms with Crippen molar-refractivity contribution < 1.29 is 4.79 Å². The quantitative estimate of drug-likeness (QED) is 0.864. The van der Waals surface area contributed by atoms with Crippen LogP contribution in [0.15, 0.2) is 22.7 Å². The fourth-order valence-electron chi connectivity index (χ4n) is 2.73. The zero-order valence-corrected chi connectivity index (χ0v) is 13.0. The van der Waals surface area contributed by atoms with Crippen LogP contribution in [0.4, 0.5) is 5.69 Å². The molecule has 0 spiro atoms. The summed E-state index contributed by atoms with van der Waals surface area (Å²) in [5.41, 5.74) is 7.94. The molecule has 1 saturated heterocycles. The summed E-state index contributed by atoms with van der Waals surface area (Å²) in [6, 6.07) is 7.08. The van der Waals surface area contributed by atoms with Crippen molar-refractivity contribution in [3.63, 3.8) is 0 Å². The number of carbonyl (C=O) groups excluding carboxylic acids is 1. The molecule has 1 aromatic rings. The van der Waals surface area contributed by atoms with Crippen LogP contribution in [0.5, 0.6) is 0 Å². The third-order valence-electron chi connectivity index (χ3n) is 4.14. The Morgan fingerprint density at radius 2 is 2.20 bits per heavy atom. The van der Waals surface area contributed by atoms with Gasteiger partial charge in [-0.05, 0) is 37.0 Å². The predicted octanol–water partition coefficient (Wildman–Crippen LogP) is 2.01. The molecule has 1 unspecified atom stereocenters. The molecule has 0 aromatic heterocycles. The summed E-state index contributed by atoms with van der Waals surface area (Å²) in [6.07, 6.45) is 3.44. The number of benzene rings is 1. The van der Waals surface area contributed by atoms with Gasteiger partial charge in [0.1, 0.15) is 0 Å². The van der Waals surface area contributed by atoms with E-state index in [0.29, 0.717) is 6.04 Å². The third-order valence-corrected chi connectivity index (χ3v) is 4.63. The molecule has 3 N–H and O–H groups in total. The molecule has 1 saturated carbocycles. The van der Waals surface area contributed by atoms with Gasteiger partial charge in [-0.3, -0.25) is 4.79 Å². The van der Waals surface area contributed by atoms with Gasteiger partial charge in [0.2, 0.25) is 5.91 Å². The van der Waals surface area contributed by atoms with Gasteiger partial charge in [0.15, 0.2) is 0 Å². The number of amides is 1. The Kier molecular flexibility index (Phi) is 3.98. The molecule has 1 atom stereocenters. The molecule has 4 nitrogen and oxygen atoms in total. The highest BCUT2D eigenvalue weighted by Crippen LogP contribution is 2.30. The molecule has 2 aliphatic rings. The number of anilines is 1. The van der Waals surface area contributed by atoms with Gasteiger partial charge in [0.25, 0.3) is 0 Å². The lowest BCUT2D eigenvalue weighted by molar-refractivity contribution is -0.121. The second-order valence-corrected chi connectivity index (χ2v) is 6.68. The van der Waals surface area contributed by atoms with Gasteiger partial charge in [-0.2, -0.15) is 0 Å². The predicted molar refractivity (Wildman–Crippen MR) is 83.5 cm³/mol. The zero-order valence-electron chi connectivity index (χ0n) is 11.4. The van der Waals surface area contributed by atoms with Crippen molar-refractivity contribution in [2.75, 3.05) is 18.0 Å². The average Bonchev–Trinajstić information content (AvgIpc) is 3.11. The maximum atomic E-state index is 11.3. The summed E-state index contributed by atoms with van der Waals surface area (Å²) < 4.78 is 1.07. The summed E-state index contributed by atoms with van der Waals surface area (Å²) in [4.78, 5) is 13.6. The van der Waals surface area contributed by atoms with Crippen LogP contribution in [0.1, 0.15) is 24.8 Å². The highest BCUT2D eigenvalue weighted by atomic mass is 79.9. The third kappa shape index (κ3) is 3.15. The van der Waals surface area contributed by atoms with E-state index in [-0.39, 0.29) is 11.8 Å². The van der Waals surface area contributed by atoms with E-state index in [2.05, 4.69) is 44.3 Å². The van der Waals surface area contributed by atoms with Crippen LogP contribution in [0.25, 0.3) is 0 Å². The molecular formula is C15H20BrN3O. The Morgan fingerprint density at radius 1 is 1.40 bits per heavy atom. The smallest absolute Gasteiger partial charge is 0.222 e. The van der Waals surface area contributed by atoms with Crippen molar-refractivity contribution in [3.05, 3.63) is 28.2 Å². The maximum absolute atomic E-state index is 11.3. The number of primary amides is 1. The lowest BCUT2D eigenvalue weighted by atomic mass is 10.1. The fourth-order valence-corrected chi connectivity index (χ4v) is 3.08. The van der Waals surface area contributed by atoms with Crippen LogP contribution < -0.4 is 16.0 Å². The molecule has 1 aromatic carbocycles. The van der Waals surface area contributed by atoms with E-state index >= 15 is 0 Å². The molecular weight excluding hydrogens is 318 g/mol. The summed E-state index contributed by atoms with van der Waals surface area (Å²) in [5, 5.41) is 3.56. The van der Waals surface area contributed by atoms with E-state index in [4.69, 9.17) is 5.73 Å². The summed E-state index contributed by atoms with van der Waals surface area (Å²) >= 11 is 3.54. The molecule has 1 amide bonds. The number of nitrogens with two attached hydrogens (primary N) is 1. The fraction of sp³-hybridized carbons (Fsp3) is 0.533. The first kappa shape index (κ1) is 13.9. The summed E-state index contributed by atoms with van der Waals surface area (Å²) in [7, 11) is 0. The van der Waals surface area contributed by atoms with E-state index in [1.54, 1.807) is 0 Å². The molecule has 1 aliphatic carbocycles. The van der Waals surface area contributed by atoms with Crippen molar-refractivity contribution in [2.24, 2.45) is 11.7 Å². The number of nitrogens with zero attached hydrogens (tertiary/aromatic N) is 1. The lowest BCUT2D eigenvalue weighted by Crippen LogP contribution is -2.28. The Balaban J connectivity index is 1.76. The molecule has 5 heteroatoms. The monoisotopic (exact) mass is 337 g/mol. The molecule has 2 fully saturated rings. The highest BCUT2D eigenvalue weighted by Gasteiger charge is 2.28. The number of halogens is 1. The van der Waals surface area contributed by atoms with Gasteiger partial charge in [-0.15, -0.1) is 0 Å². The van der Waals surface area contributed by atoms with Crippen LogP contribution in [-0.4, -0.2) is 25.0 Å². The number of carbonyl (C=O) groups is 1. The van der Waals surface area contributed by atoms with E-state index in [1.165, 1.54) is 24.1 Å². The molecule has 1 heterocycles. The SMILES string of the molecule is NC(=O)C1CCN(c2cc(Br)ccc2CNC2CC2)C1. The van der Waals surface area contributed by atoms with E-state index < -0.39 is 0 Å². The van der Waals surface area contributed by atoms with Crippen molar-refractivity contribution >= 4 is 27.5 Å². The Hall–Kier alpha value is -1.07. The van der Waals surface area contributed by atoms with Crippen molar-refractivity contribution in [1.29, 1.82) is 0 Å². The van der Waals surface area contributed by atoms with Gasteiger partial charge in [-0.1, -0.05) is 22.0 Å². The lowest BCUT2D eigenvalue weighted by Gasteiger charge is -2.22. The van der Waals surface area contributed by atoms with Crippen LogP contribution >= 0.6 is 15.9 Å². The Bertz CT molecular complexity index is 516. The molecule has 0 bridgehead atoms. The first-order chi connectivity index (χ1) is 9.63.